The van der Waals surface area contributed by atoms with E-state index in [1.807, 2.05) is 0 Å². The average molecular weight is 104 g/mol. The average Bonchev–Trinajstić information content (AvgIpc) is 1.32. The number of hydrogen-bond acceptors (Lipinski definition) is 2. The van der Waals surface area contributed by atoms with Gasteiger partial charge >= 0.3 is 0 Å². The van der Waals surface area contributed by atoms with E-state index in [4.69, 9.17) is 0 Å². The van der Waals surface area contributed by atoms with Crippen molar-refractivity contribution in [1.29, 1.82) is 0 Å². The van der Waals surface area contributed by atoms with E-state index < -0.39 is 9.84 Å². The van der Waals surface area contributed by atoms with E-state index in [9.17, 15) is 8.42 Å². The van der Waals surface area contributed by atoms with Crippen LogP contribution in [-0.4, -0.2) is 14.2 Å². The molecule has 0 unspecified atom stereocenters. The second-order valence-electron chi connectivity index (χ2n) is 1.20. The molecule has 34 valence electrons. The van der Waals surface area contributed by atoms with Crippen molar-refractivity contribution in [1.82, 2.24) is 0 Å². The first-order chi connectivity index (χ1) is 2.71. The number of rotatable bonds is 0. The summed E-state index contributed by atoms with van der Waals surface area (Å²) in [6.07, 6.45) is 1.62. The third kappa shape index (κ3) is 0.452. The van der Waals surface area contributed by atoms with Crippen LogP contribution in [0.4, 0.5) is 0 Å². The van der Waals surface area contributed by atoms with Crippen LogP contribution >= 0.6 is 0 Å². The van der Waals surface area contributed by atoms with E-state index in [0.29, 0.717) is 0 Å². The van der Waals surface area contributed by atoms with Crippen molar-refractivity contribution in [3.8, 4) is 0 Å². The Kier molecular flexibility index (Phi) is 0.545. The molecule has 0 atom stereocenters. The lowest BCUT2D eigenvalue weighted by molar-refractivity contribution is 0.604. The Labute approximate surface area is 36.4 Å². The molecule has 0 aliphatic carbocycles. The first kappa shape index (κ1) is 3.87. The zero-order chi connectivity index (χ0) is 4.62. The summed E-state index contributed by atoms with van der Waals surface area (Å²) in [6, 6.07) is 0. The standard InChI is InChI=1S/C3H4O2S/c4-6(5)2-1-3-6/h1-2H,3H2. The molecule has 1 aliphatic rings. The van der Waals surface area contributed by atoms with Gasteiger partial charge in [0.25, 0.3) is 0 Å². The van der Waals surface area contributed by atoms with Gasteiger partial charge in [-0.15, -0.1) is 0 Å². The monoisotopic (exact) mass is 104 g/mol. The van der Waals surface area contributed by atoms with E-state index in [-0.39, 0.29) is 5.75 Å². The van der Waals surface area contributed by atoms with Gasteiger partial charge in [0.2, 0.25) is 0 Å². The molecule has 0 radical (unpaired) electrons. The fraction of sp³-hybridized carbons (Fsp3) is 0.333. The van der Waals surface area contributed by atoms with E-state index in [0.717, 1.165) is 0 Å². The summed E-state index contributed by atoms with van der Waals surface area (Å²) in [7, 11) is -2.66. The maximum absolute atomic E-state index is 10.0. The predicted molar refractivity (Wildman–Crippen MR) is 22.9 cm³/mol. The molecule has 1 aliphatic heterocycles. The van der Waals surface area contributed by atoms with Gasteiger partial charge in [-0.3, -0.25) is 0 Å². The van der Waals surface area contributed by atoms with Crippen molar-refractivity contribution in [2.45, 2.75) is 0 Å². The molecule has 0 spiro atoms. The summed E-state index contributed by atoms with van der Waals surface area (Å²) in [4.78, 5) is 0. The third-order valence-electron chi connectivity index (χ3n) is 0.632. The Morgan fingerprint density at radius 2 is 1.83 bits per heavy atom. The molecule has 3 heteroatoms. The van der Waals surface area contributed by atoms with Crippen molar-refractivity contribution in [3.63, 3.8) is 0 Å². The van der Waals surface area contributed by atoms with Crippen molar-refractivity contribution >= 4 is 9.84 Å². The number of hydrogen-bond donors (Lipinski definition) is 0. The minimum atomic E-state index is -2.66. The van der Waals surface area contributed by atoms with Gasteiger partial charge in [-0.25, -0.2) is 8.42 Å². The smallest absolute Gasteiger partial charge is 0.174 e. The first-order valence-electron chi connectivity index (χ1n) is 1.60. The molecule has 0 aromatic heterocycles. The van der Waals surface area contributed by atoms with Gasteiger partial charge in [0.1, 0.15) is 0 Å². The van der Waals surface area contributed by atoms with Crippen LogP contribution in [0.15, 0.2) is 11.5 Å². The van der Waals surface area contributed by atoms with Gasteiger partial charge in [0, 0.05) is 5.41 Å². The molecule has 1 rings (SSSR count). The topological polar surface area (TPSA) is 34.1 Å². The van der Waals surface area contributed by atoms with Gasteiger partial charge in [0.15, 0.2) is 9.84 Å². The summed E-state index contributed by atoms with van der Waals surface area (Å²) in [5, 5.41) is 1.22. The minimum absolute atomic E-state index is 0.243. The first-order valence-corrected chi connectivity index (χ1v) is 3.31. The Morgan fingerprint density at radius 3 is 1.83 bits per heavy atom. The van der Waals surface area contributed by atoms with E-state index in [2.05, 4.69) is 0 Å². The quantitative estimate of drug-likeness (QED) is 0.431. The van der Waals surface area contributed by atoms with Crippen LogP contribution in [0.5, 0.6) is 0 Å². The zero-order valence-electron chi connectivity index (χ0n) is 3.09. The lowest BCUT2D eigenvalue weighted by Gasteiger charge is -1.98. The van der Waals surface area contributed by atoms with Crippen LogP contribution < -0.4 is 0 Å². The van der Waals surface area contributed by atoms with Gasteiger partial charge in [-0.2, -0.15) is 0 Å². The highest BCUT2D eigenvalue weighted by molar-refractivity contribution is 7.95. The van der Waals surface area contributed by atoms with E-state index in [1.165, 1.54) is 5.41 Å². The fourth-order valence-electron chi connectivity index (χ4n) is 0.253. The van der Waals surface area contributed by atoms with Crippen LogP contribution in [0.3, 0.4) is 0 Å². The second kappa shape index (κ2) is 0.846. The molecule has 0 bridgehead atoms. The summed E-state index contributed by atoms with van der Waals surface area (Å²) < 4.78 is 20.0. The van der Waals surface area contributed by atoms with Crippen LogP contribution in [0.1, 0.15) is 0 Å². The van der Waals surface area contributed by atoms with Crippen molar-refractivity contribution < 1.29 is 8.42 Å². The SMILES string of the molecule is O=S1(=O)C=CC1. The maximum atomic E-state index is 10.0. The van der Waals surface area contributed by atoms with Gasteiger partial charge in [-0.1, -0.05) is 6.08 Å². The molecule has 0 aromatic carbocycles. The van der Waals surface area contributed by atoms with E-state index >= 15 is 0 Å². The van der Waals surface area contributed by atoms with Crippen LogP contribution in [0.25, 0.3) is 0 Å². The molecule has 2 nitrogen and oxygen atoms in total. The molecule has 1 heterocycles. The molecule has 0 N–H and O–H groups in total. The number of sulfone groups is 1. The van der Waals surface area contributed by atoms with Gasteiger partial charge < -0.3 is 0 Å². The lowest BCUT2D eigenvalue weighted by atomic mass is 10.7. The molecule has 0 saturated heterocycles. The molecule has 0 saturated carbocycles. The summed E-state index contributed by atoms with van der Waals surface area (Å²) >= 11 is 0. The van der Waals surface area contributed by atoms with Crippen LogP contribution in [-0.2, 0) is 9.84 Å². The predicted octanol–water partition coefficient (Wildman–Crippen LogP) is -0.0715. The Balaban J connectivity index is 3.15. The second-order valence-corrected chi connectivity index (χ2v) is 3.13. The molecule has 0 aromatic rings. The maximum Gasteiger partial charge on any atom is 0.174 e. The van der Waals surface area contributed by atoms with Crippen molar-refractivity contribution in [3.05, 3.63) is 11.5 Å². The largest absolute Gasteiger partial charge is 0.224 e. The molecular formula is C3H4O2S. The zero-order valence-corrected chi connectivity index (χ0v) is 3.90. The highest BCUT2D eigenvalue weighted by Crippen LogP contribution is 2.02. The highest BCUT2D eigenvalue weighted by atomic mass is 32.2. The lowest BCUT2D eigenvalue weighted by Crippen LogP contribution is -2.07. The van der Waals surface area contributed by atoms with E-state index in [1.54, 1.807) is 6.08 Å². The normalized spacial score (nSPS) is 26.0. The molecule has 6 heavy (non-hydrogen) atoms. The van der Waals surface area contributed by atoms with Crippen LogP contribution in [0, 0.1) is 0 Å². The fourth-order valence-corrected chi connectivity index (χ4v) is 0.760. The molecule has 0 fully saturated rings. The minimum Gasteiger partial charge on any atom is -0.224 e. The van der Waals surface area contributed by atoms with Crippen molar-refractivity contribution in [2.24, 2.45) is 0 Å². The molecular weight excluding hydrogens is 100 g/mol. The Bertz CT molecular complexity index is 163. The van der Waals surface area contributed by atoms with Gasteiger partial charge in [-0.05, 0) is 0 Å². The Morgan fingerprint density at radius 1 is 1.50 bits per heavy atom. The summed E-state index contributed by atoms with van der Waals surface area (Å²) in [5.41, 5.74) is 0. The van der Waals surface area contributed by atoms with Crippen LogP contribution in [0.2, 0.25) is 0 Å². The third-order valence-corrected chi connectivity index (χ3v) is 1.90. The summed E-state index contributed by atoms with van der Waals surface area (Å²) in [5.74, 6) is 0.243. The van der Waals surface area contributed by atoms with Gasteiger partial charge in [0.05, 0.1) is 5.75 Å². The van der Waals surface area contributed by atoms with Crippen molar-refractivity contribution in [2.75, 3.05) is 5.75 Å². The summed E-state index contributed by atoms with van der Waals surface area (Å²) in [6.45, 7) is 0. The Hall–Kier alpha value is -0.310. The molecule has 0 amide bonds. The highest BCUT2D eigenvalue weighted by Gasteiger charge is 2.09.